The zero-order valence-corrected chi connectivity index (χ0v) is 16.0. The van der Waals surface area contributed by atoms with E-state index in [0.717, 1.165) is 12.8 Å². The Morgan fingerprint density at radius 2 is 1.46 bits per heavy atom. The number of nitrogens with zero attached hydrogens (tertiary/aromatic N) is 1. The number of aliphatic imine (C=N–C) groups is 1. The molecule has 0 aromatic rings. The van der Waals surface area contributed by atoms with Gasteiger partial charge in [-0.2, -0.15) is 0 Å². The van der Waals surface area contributed by atoms with Crippen molar-refractivity contribution in [1.29, 1.82) is 0 Å². The number of aliphatic hydroxyl groups is 1. The molecule has 0 bridgehead atoms. The first-order valence-corrected chi connectivity index (χ1v) is 10.2. The molecule has 1 fully saturated rings. The fourth-order valence-corrected chi connectivity index (χ4v) is 3.48. The smallest absolute Gasteiger partial charge is 0.105 e. The predicted molar refractivity (Wildman–Crippen MR) is 103 cm³/mol. The van der Waals surface area contributed by atoms with E-state index in [9.17, 15) is 5.11 Å². The molecule has 0 spiro atoms. The summed E-state index contributed by atoms with van der Waals surface area (Å²) in [6, 6.07) is -0.169. The third-order valence-corrected chi connectivity index (χ3v) is 4.97. The zero-order chi connectivity index (χ0) is 17.6. The van der Waals surface area contributed by atoms with Gasteiger partial charge in [0.25, 0.3) is 0 Å². The van der Waals surface area contributed by atoms with Gasteiger partial charge in [0.15, 0.2) is 0 Å². The molecule has 1 aliphatic rings. The van der Waals surface area contributed by atoms with Crippen molar-refractivity contribution in [1.82, 2.24) is 0 Å². The average molecular weight is 341 g/mol. The maximum Gasteiger partial charge on any atom is 0.105 e. The highest BCUT2D eigenvalue weighted by molar-refractivity contribution is 5.77. The Morgan fingerprint density at radius 3 is 1.96 bits per heavy atom. The van der Waals surface area contributed by atoms with Crippen LogP contribution in [0.25, 0.3) is 0 Å². The van der Waals surface area contributed by atoms with Crippen LogP contribution in [0.5, 0.6) is 0 Å². The Morgan fingerprint density at radius 1 is 0.958 bits per heavy atom. The minimum Gasteiger partial charge on any atom is -0.388 e. The van der Waals surface area contributed by atoms with Crippen molar-refractivity contribution < 1.29 is 9.84 Å². The third kappa shape index (κ3) is 9.63. The number of hydrogen-bond donors (Lipinski definition) is 2. The van der Waals surface area contributed by atoms with Crippen molar-refractivity contribution in [3.8, 4) is 0 Å². The second-order valence-corrected chi connectivity index (χ2v) is 7.38. The average Bonchev–Trinajstić information content (AvgIpc) is 2.88. The van der Waals surface area contributed by atoms with Gasteiger partial charge >= 0.3 is 0 Å². The zero-order valence-electron chi connectivity index (χ0n) is 16.0. The van der Waals surface area contributed by atoms with Crippen LogP contribution in [0.2, 0.25) is 0 Å². The van der Waals surface area contributed by atoms with Gasteiger partial charge in [-0.1, -0.05) is 84.0 Å². The molecule has 3 N–H and O–H groups in total. The molecule has 0 saturated carbocycles. The van der Waals surface area contributed by atoms with Gasteiger partial charge in [0.2, 0.25) is 0 Å². The van der Waals surface area contributed by atoms with Crippen LogP contribution >= 0.6 is 0 Å². The van der Waals surface area contributed by atoms with Gasteiger partial charge in [0.05, 0.1) is 18.5 Å². The highest BCUT2D eigenvalue weighted by Crippen LogP contribution is 2.22. The third-order valence-electron chi connectivity index (χ3n) is 4.97. The van der Waals surface area contributed by atoms with Crippen molar-refractivity contribution in [2.24, 2.45) is 10.7 Å². The quantitative estimate of drug-likeness (QED) is 0.276. The van der Waals surface area contributed by atoms with E-state index in [0.29, 0.717) is 12.4 Å². The fourth-order valence-electron chi connectivity index (χ4n) is 3.48. The summed E-state index contributed by atoms with van der Waals surface area (Å²) in [5.74, 6) is 0.522. The highest BCUT2D eigenvalue weighted by atomic mass is 16.5. The number of aliphatic hydroxyl groups excluding tert-OH is 1. The van der Waals surface area contributed by atoms with Gasteiger partial charge in [0, 0.05) is 0 Å². The Hall–Kier alpha value is -0.610. The summed E-state index contributed by atoms with van der Waals surface area (Å²) < 4.78 is 5.67. The molecule has 24 heavy (non-hydrogen) atoms. The number of unbranched alkanes of at least 4 members (excludes halogenated alkanes) is 11. The van der Waals surface area contributed by atoms with Gasteiger partial charge in [-0.3, -0.25) is 4.99 Å². The van der Waals surface area contributed by atoms with Crippen molar-refractivity contribution in [2.45, 2.75) is 116 Å². The lowest BCUT2D eigenvalue weighted by Crippen LogP contribution is -2.30. The molecule has 0 aliphatic carbocycles. The second kappa shape index (κ2) is 13.7. The molecule has 0 amide bonds. The van der Waals surface area contributed by atoms with Gasteiger partial charge < -0.3 is 15.6 Å². The van der Waals surface area contributed by atoms with E-state index in [4.69, 9.17) is 10.5 Å². The standard InChI is InChI=1S/C20H40N2O2/c1-3-4-5-6-7-8-9-10-11-12-13-14-15-19-20(23)18(16-24-19)22-17(2)21/h18-20,23H,3-16H2,1-2H3,(H2,21,22)/t18-,19+,20+/m1/s1. The molecular weight excluding hydrogens is 300 g/mol. The topological polar surface area (TPSA) is 67.8 Å². The van der Waals surface area contributed by atoms with E-state index in [-0.39, 0.29) is 12.1 Å². The maximum absolute atomic E-state index is 10.2. The monoisotopic (exact) mass is 340 g/mol. The van der Waals surface area contributed by atoms with Crippen LogP contribution in [0, 0.1) is 0 Å². The summed E-state index contributed by atoms with van der Waals surface area (Å²) >= 11 is 0. The molecule has 1 saturated heterocycles. The molecule has 4 heteroatoms. The summed E-state index contributed by atoms with van der Waals surface area (Å²) in [6.07, 6.45) is 16.6. The fraction of sp³-hybridized carbons (Fsp3) is 0.950. The van der Waals surface area contributed by atoms with Crippen molar-refractivity contribution in [2.75, 3.05) is 6.61 Å². The second-order valence-electron chi connectivity index (χ2n) is 7.38. The molecule has 3 atom stereocenters. The van der Waals surface area contributed by atoms with Crippen LogP contribution in [0.15, 0.2) is 4.99 Å². The number of hydrogen-bond acceptors (Lipinski definition) is 3. The normalized spacial score (nSPS) is 24.6. The molecular formula is C20H40N2O2. The Bertz CT molecular complexity index is 330. The molecule has 1 aliphatic heterocycles. The summed E-state index contributed by atoms with van der Waals surface area (Å²) in [4.78, 5) is 4.24. The summed E-state index contributed by atoms with van der Waals surface area (Å²) in [5.41, 5.74) is 5.58. The van der Waals surface area contributed by atoms with Crippen LogP contribution in [0.1, 0.15) is 97.3 Å². The van der Waals surface area contributed by atoms with Gasteiger partial charge in [-0.05, 0) is 13.3 Å². The van der Waals surface area contributed by atoms with Gasteiger partial charge in [-0.25, -0.2) is 0 Å². The maximum atomic E-state index is 10.2. The van der Waals surface area contributed by atoms with Crippen molar-refractivity contribution in [3.63, 3.8) is 0 Å². The van der Waals surface area contributed by atoms with E-state index in [1.165, 1.54) is 70.6 Å². The number of rotatable bonds is 14. The number of ether oxygens (including phenoxy) is 1. The summed E-state index contributed by atoms with van der Waals surface area (Å²) in [6.45, 7) is 4.52. The van der Waals surface area contributed by atoms with Crippen LogP contribution in [0.3, 0.4) is 0 Å². The number of nitrogens with two attached hydrogens (primary N) is 1. The van der Waals surface area contributed by atoms with Gasteiger partial charge in [0.1, 0.15) is 12.1 Å². The SMILES string of the molecule is CCCCCCCCCCCCCC[C@@H]1OC[C@@H](N=C(C)N)[C@@H]1O. The summed E-state index contributed by atoms with van der Waals surface area (Å²) in [7, 11) is 0. The lowest BCUT2D eigenvalue weighted by atomic mass is 10.0. The van der Waals surface area contributed by atoms with E-state index in [2.05, 4.69) is 11.9 Å². The molecule has 1 heterocycles. The van der Waals surface area contributed by atoms with E-state index < -0.39 is 6.10 Å². The first-order valence-electron chi connectivity index (χ1n) is 10.2. The molecule has 0 aromatic heterocycles. The molecule has 4 nitrogen and oxygen atoms in total. The minimum atomic E-state index is -0.490. The van der Waals surface area contributed by atoms with Crippen LogP contribution in [-0.4, -0.2) is 35.8 Å². The Balaban J connectivity index is 1.90. The Kier molecular flexibility index (Phi) is 12.2. The molecule has 142 valence electrons. The van der Waals surface area contributed by atoms with Crippen LogP contribution < -0.4 is 5.73 Å². The van der Waals surface area contributed by atoms with Crippen LogP contribution in [0.4, 0.5) is 0 Å². The highest BCUT2D eigenvalue weighted by Gasteiger charge is 2.35. The van der Waals surface area contributed by atoms with E-state index in [1.54, 1.807) is 6.92 Å². The lowest BCUT2D eigenvalue weighted by Gasteiger charge is -2.15. The minimum absolute atomic E-state index is 0.0544. The van der Waals surface area contributed by atoms with E-state index in [1.807, 2.05) is 0 Å². The first-order chi connectivity index (χ1) is 11.6. The van der Waals surface area contributed by atoms with Gasteiger partial charge in [-0.15, -0.1) is 0 Å². The van der Waals surface area contributed by atoms with E-state index >= 15 is 0 Å². The molecule has 1 rings (SSSR count). The van der Waals surface area contributed by atoms with Crippen molar-refractivity contribution >= 4 is 5.84 Å². The van der Waals surface area contributed by atoms with Crippen LogP contribution in [-0.2, 0) is 4.74 Å². The number of amidine groups is 1. The molecule has 0 radical (unpaired) electrons. The molecule has 0 aromatic carbocycles. The Labute approximate surface area is 149 Å². The van der Waals surface area contributed by atoms with Crippen molar-refractivity contribution in [3.05, 3.63) is 0 Å². The summed E-state index contributed by atoms with van der Waals surface area (Å²) in [5, 5.41) is 10.2. The lowest BCUT2D eigenvalue weighted by molar-refractivity contribution is 0.0343. The largest absolute Gasteiger partial charge is 0.388 e. The predicted octanol–water partition coefficient (Wildman–Crippen LogP) is 4.58. The molecule has 0 unspecified atom stereocenters. The first kappa shape index (κ1) is 21.4.